The van der Waals surface area contributed by atoms with Crippen molar-refractivity contribution < 1.29 is 15.1 Å². The molecule has 1 aromatic rings. The fourth-order valence-corrected chi connectivity index (χ4v) is 1.07. The van der Waals surface area contributed by atoms with Crippen LogP contribution in [-0.4, -0.2) is 38.9 Å². The zero-order valence-corrected chi connectivity index (χ0v) is 9.25. The highest BCUT2D eigenvalue weighted by molar-refractivity contribution is 5.52. The average Bonchev–Trinajstić information content (AvgIpc) is 2.26. The molecule has 0 bridgehead atoms. The van der Waals surface area contributed by atoms with E-state index in [4.69, 9.17) is 10.8 Å². The van der Waals surface area contributed by atoms with Crippen LogP contribution in [0.15, 0.2) is 12.1 Å². The molecular formula is C9H14N4O4. The molecule has 0 aliphatic carbocycles. The van der Waals surface area contributed by atoms with Crippen LogP contribution in [0.3, 0.4) is 0 Å². The molecular weight excluding hydrogens is 228 g/mol. The Kier molecular flexibility index (Phi) is 3.81. The molecule has 8 nitrogen and oxygen atoms in total. The average molecular weight is 242 g/mol. The molecule has 17 heavy (non-hydrogen) atoms. The molecule has 1 atom stereocenters. The van der Waals surface area contributed by atoms with Crippen LogP contribution in [0.1, 0.15) is 6.92 Å². The molecule has 1 rings (SSSR count). The number of hydrogen-bond donors (Lipinski definition) is 4. The predicted molar refractivity (Wildman–Crippen MR) is 61.5 cm³/mol. The monoisotopic (exact) mass is 242 g/mol. The molecule has 0 saturated carbocycles. The topological polar surface area (TPSA) is 135 Å². The van der Waals surface area contributed by atoms with E-state index in [1.165, 1.54) is 13.0 Å². The van der Waals surface area contributed by atoms with Gasteiger partial charge in [0, 0.05) is 6.54 Å². The van der Waals surface area contributed by atoms with Gasteiger partial charge < -0.3 is 21.3 Å². The third kappa shape index (κ3) is 3.85. The van der Waals surface area contributed by atoms with Crippen LogP contribution in [0.4, 0.5) is 17.3 Å². The smallest absolute Gasteiger partial charge is 0.276 e. The van der Waals surface area contributed by atoms with Gasteiger partial charge in [0.2, 0.25) is 0 Å². The highest BCUT2D eigenvalue weighted by atomic mass is 16.6. The third-order valence-corrected chi connectivity index (χ3v) is 2.03. The van der Waals surface area contributed by atoms with E-state index >= 15 is 0 Å². The molecule has 94 valence electrons. The van der Waals surface area contributed by atoms with Gasteiger partial charge in [0.15, 0.2) is 0 Å². The second kappa shape index (κ2) is 4.93. The molecule has 8 heteroatoms. The number of nitrogens with two attached hydrogens (primary N) is 1. The zero-order valence-electron chi connectivity index (χ0n) is 9.25. The zero-order chi connectivity index (χ0) is 13.1. The lowest BCUT2D eigenvalue weighted by Gasteiger charge is -2.20. The van der Waals surface area contributed by atoms with E-state index in [1.54, 1.807) is 0 Å². The first kappa shape index (κ1) is 13.1. The van der Waals surface area contributed by atoms with E-state index < -0.39 is 17.1 Å². The van der Waals surface area contributed by atoms with Gasteiger partial charge in [-0.15, -0.1) is 0 Å². The van der Waals surface area contributed by atoms with Gasteiger partial charge >= 0.3 is 0 Å². The fourth-order valence-electron chi connectivity index (χ4n) is 1.07. The molecule has 0 aliphatic heterocycles. The van der Waals surface area contributed by atoms with Gasteiger partial charge in [-0.3, -0.25) is 10.1 Å². The molecule has 1 unspecified atom stereocenters. The van der Waals surface area contributed by atoms with Crippen molar-refractivity contribution in [1.29, 1.82) is 0 Å². The maximum absolute atomic E-state index is 10.6. The van der Waals surface area contributed by atoms with E-state index in [-0.39, 0.29) is 23.9 Å². The normalized spacial score (nSPS) is 14.1. The number of rotatable bonds is 5. The van der Waals surface area contributed by atoms with Gasteiger partial charge in [-0.2, -0.15) is 0 Å². The minimum atomic E-state index is -1.33. The Morgan fingerprint density at radius 2 is 2.29 bits per heavy atom. The summed E-state index contributed by atoms with van der Waals surface area (Å²) in [6.45, 7) is 0.974. The lowest BCUT2D eigenvalue weighted by Crippen LogP contribution is -2.37. The maximum atomic E-state index is 10.6. The summed E-state index contributed by atoms with van der Waals surface area (Å²) in [5.74, 6) is 0.177. The molecule has 1 heterocycles. The minimum absolute atomic E-state index is 0.00287. The lowest BCUT2D eigenvalue weighted by molar-refractivity contribution is -0.384. The summed E-state index contributed by atoms with van der Waals surface area (Å²) in [4.78, 5) is 13.8. The number of nitrogens with one attached hydrogen (secondary N) is 1. The van der Waals surface area contributed by atoms with Crippen LogP contribution in [-0.2, 0) is 0 Å². The first-order chi connectivity index (χ1) is 7.84. The SMILES string of the molecule is CC(O)(CO)CNc1cc([N+](=O)[O-])cc(N)n1. The molecule has 5 N–H and O–H groups in total. The number of aliphatic hydroxyl groups is 2. The Bertz CT molecular complexity index is 421. The summed E-state index contributed by atoms with van der Waals surface area (Å²) in [6.07, 6.45) is 0. The first-order valence-electron chi connectivity index (χ1n) is 4.83. The van der Waals surface area contributed by atoms with Gasteiger partial charge in [-0.05, 0) is 6.92 Å². The van der Waals surface area contributed by atoms with Crippen molar-refractivity contribution in [1.82, 2.24) is 4.98 Å². The number of nitro groups is 1. The van der Waals surface area contributed by atoms with Crippen molar-refractivity contribution in [3.05, 3.63) is 22.2 Å². The fraction of sp³-hybridized carbons (Fsp3) is 0.444. The maximum Gasteiger partial charge on any atom is 0.276 e. The molecule has 0 aliphatic rings. The Morgan fingerprint density at radius 1 is 1.65 bits per heavy atom. The summed E-state index contributed by atoms with van der Waals surface area (Å²) in [5.41, 5.74) is 3.88. The van der Waals surface area contributed by atoms with E-state index in [0.29, 0.717) is 0 Å². The van der Waals surface area contributed by atoms with Crippen LogP contribution in [0.2, 0.25) is 0 Å². The van der Waals surface area contributed by atoms with E-state index in [0.717, 1.165) is 6.07 Å². The summed E-state index contributed by atoms with van der Waals surface area (Å²) >= 11 is 0. The van der Waals surface area contributed by atoms with Gasteiger partial charge in [0.1, 0.15) is 17.2 Å². The number of aliphatic hydroxyl groups excluding tert-OH is 1. The number of aromatic nitrogens is 1. The van der Waals surface area contributed by atoms with Crippen LogP contribution >= 0.6 is 0 Å². The molecule has 1 aromatic heterocycles. The van der Waals surface area contributed by atoms with E-state index in [2.05, 4.69) is 10.3 Å². The molecule has 0 radical (unpaired) electrons. The Morgan fingerprint density at radius 3 is 2.82 bits per heavy atom. The van der Waals surface area contributed by atoms with Crippen molar-refractivity contribution in [2.24, 2.45) is 0 Å². The second-order valence-electron chi connectivity index (χ2n) is 3.90. The van der Waals surface area contributed by atoms with Gasteiger partial charge in [0.05, 0.1) is 23.7 Å². The molecule has 0 amide bonds. The van der Waals surface area contributed by atoms with Gasteiger partial charge in [0.25, 0.3) is 5.69 Å². The van der Waals surface area contributed by atoms with Crippen molar-refractivity contribution in [3.8, 4) is 0 Å². The number of anilines is 2. The summed E-state index contributed by atoms with van der Waals surface area (Å²) in [6, 6.07) is 2.33. The second-order valence-corrected chi connectivity index (χ2v) is 3.90. The quantitative estimate of drug-likeness (QED) is 0.412. The molecule has 0 spiro atoms. The van der Waals surface area contributed by atoms with Crippen LogP contribution in [0.25, 0.3) is 0 Å². The number of pyridine rings is 1. The largest absolute Gasteiger partial charge is 0.393 e. The highest BCUT2D eigenvalue weighted by Crippen LogP contribution is 2.19. The van der Waals surface area contributed by atoms with Crippen LogP contribution in [0.5, 0.6) is 0 Å². The number of hydrogen-bond acceptors (Lipinski definition) is 7. The molecule has 0 saturated heterocycles. The van der Waals surface area contributed by atoms with E-state index in [1.807, 2.05) is 0 Å². The van der Waals surface area contributed by atoms with Crippen molar-refractivity contribution in [2.45, 2.75) is 12.5 Å². The summed E-state index contributed by atoms with van der Waals surface area (Å²) in [7, 11) is 0. The Labute approximate surface area is 97.2 Å². The van der Waals surface area contributed by atoms with Crippen molar-refractivity contribution in [3.63, 3.8) is 0 Å². The first-order valence-corrected chi connectivity index (χ1v) is 4.83. The third-order valence-electron chi connectivity index (χ3n) is 2.03. The van der Waals surface area contributed by atoms with Gasteiger partial charge in [-0.25, -0.2) is 4.98 Å². The lowest BCUT2D eigenvalue weighted by atomic mass is 10.1. The minimum Gasteiger partial charge on any atom is -0.393 e. The standard InChI is InChI=1S/C9H14N4O4/c1-9(15,5-14)4-11-8-3-6(13(16)17)2-7(10)12-8/h2-3,14-15H,4-5H2,1H3,(H3,10,11,12). The Hall–Kier alpha value is -1.93. The van der Waals surface area contributed by atoms with Crippen LogP contribution in [0, 0.1) is 10.1 Å². The number of nitrogen functional groups attached to an aromatic ring is 1. The molecule has 0 fully saturated rings. The summed E-state index contributed by atoms with van der Waals surface area (Å²) in [5, 5.41) is 31.6. The van der Waals surface area contributed by atoms with Gasteiger partial charge in [-0.1, -0.05) is 0 Å². The predicted octanol–water partition coefficient (Wildman–Crippen LogP) is -0.273. The van der Waals surface area contributed by atoms with Crippen molar-refractivity contribution in [2.75, 3.05) is 24.2 Å². The van der Waals surface area contributed by atoms with Crippen LogP contribution < -0.4 is 11.1 Å². The highest BCUT2D eigenvalue weighted by Gasteiger charge is 2.19. The summed E-state index contributed by atoms with van der Waals surface area (Å²) < 4.78 is 0. The molecule has 0 aromatic carbocycles. The number of nitrogens with zero attached hydrogens (tertiary/aromatic N) is 2. The Balaban J connectivity index is 2.81. The van der Waals surface area contributed by atoms with E-state index in [9.17, 15) is 15.2 Å². The van der Waals surface area contributed by atoms with Crippen molar-refractivity contribution >= 4 is 17.3 Å².